The zero-order chi connectivity index (χ0) is 22.6. The van der Waals surface area contributed by atoms with Crippen LogP contribution in [0.3, 0.4) is 0 Å². The van der Waals surface area contributed by atoms with E-state index < -0.39 is 10.0 Å². The standard InChI is InChI=1S/C24H33N3O3S/c1-18-6-5-7-21(14-18)16-27-12-10-22(11-13-27)25-24(28)17-26(4)31(29,30)23-9-8-19(2)20(3)15-23/h5-9,14-15,22H,10-13,16-17H2,1-4H3,(H,25,28). The van der Waals surface area contributed by atoms with Gasteiger partial charge in [0.05, 0.1) is 11.4 Å². The number of hydrogen-bond donors (Lipinski definition) is 1. The third-order valence-corrected chi connectivity index (χ3v) is 7.79. The molecule has 0 radical (unpaired) electrons. The van der Waals surface area contributed by atoms with Crippen molar-refractivity contribution < 1.29 is 13.2 Å². The lowest BCUT2D eigenvalue weighted by atomic mass is 10.0. The first-order valence-electron chi connectivity index (χ1n) is 10.8. The average molecular weight is 444 g/mol. The summed E-state index contributed by atoms with van der Waals surface area (Å²) in [4.78, 5) is 15.1. The summed E-state index contributed by atoms with van der Waals surface area (Å²) in [6, 6.07) is 13.7. The van der Waals surface area contributed by atoms with Crippen LogP contribution >= 0.6 is 0 Å². The SMILES string of the molecule is Cc1cccc(CN2CCC(NC(=O)CN(C)S(=O)(=O)c3ccc(C)c(C)c3)CC2)c1. The van der Waals surface area contributed by atoms with Crippen LogP contribution in [0.5, 0.6) is 0 Å². The molecule has 1 saturated heterocycles. The Kier molecular flexibility index (Phi) is 7.51. The van der Waals surface area contributed by atoms with Crippen LogP contribution in [-0.2, 0) is 21.4 Å². The molecule has 6 nitrogen and oxygen atoms in total. The number of sulfonamides is 1. The number of nitrogens with one attached hydrogen (secondary N) is 1. The van der Waals surface area contributed by atoms with Crippen LogP contribution in [0, 0.1) is 20.8 Å². The molecule has 1 aliphatic heterocycles. The van der Waals surface area contributed by atoms with E-state index in [9.17, 15) is 13.2 Å². The Morgan fingerprint density at radius 2 is 1.77 bits per heavy atom. The van der Waals surface area contributed by atoms with Crippen molar-refractivity contribution in [3.63, 3.8) is 0 Å². The average Bonchev–Trinajstić information content (AvgIpc) is 2.71. The molecule has 168 valence electrons. The third-order valence-electron chi connectivity index (χ3n) is 5.99. The van der Waals surface area contributed by atoms with E-state index in [1.807, 2.05) is 13.8 Å². The van der Waals surface area contributed by atoms with Crippen LogP contribution < -0.4 is 5.32 Å². The van der Waals surface area contributed by atoms with Crippen molar-refractivity contribution in [2.75, 3.05) is 26.7 Å². The van der Waals surface area contributed by atoms with Crippen LogP contribution in [0.15, 0.2) is 47.4 Å². The van der Waals surface area contributed by atoms with Crippen LogP contribution in [0.4, 0.5) is 0 Å². The largest absolute Gasteiger partial charge is 0.352 e. The van der Waals surface area contributed by atoms with Gasteiger partial charge in [0, 0.05) is 32.7 Å². The quantitative estimate of drug-likeness (QED) is 0.714. The summed E-state index contributed by atoms with van der Waals surface area (Å²) < 4.78 is 26.7. The number of nitrogens with zero attached hydrogens (tertiary/aromatic N) is 2. The molecule has 0 unspecified atom stereocenters. The zero-order valence-electron chi connectivity index (χ0n) is 18.9. The molecule has 0 saturated carbocycles. The fraction of sp³-hybridized carbons (Fsp3) is 0.458. The Labute approximate surface area is 186 Å². The predicted molar refractivity (Wildman–Crippen MR) is 123 cm³/mol. The van der Waals surface area contributed by atoms with Gasteiger partial charge in [-0.15, -0.1) is 0 Å². The van der Waals surface area contributed by atoms with E-state index in [1.54, 1.807) is 18.2 Å². The second kappa shape index (κ2) is 9.94. The molecular formula is C24H33N3O3S. The molecule has 0 atom stereocenters. The van der Waals surface area contributed by atoms with Crippen molar-refractivity contribution in [3.8, 4) is 0 Å². The molecule has 2 aromatic rings. The van der Waals surface area contributed by atoms with E-state index in [4.69, 9.17) is 0 Å². The summed E-state index contributed by atoms with van der Waals surface area (Å²) >= 11 is 0. The summed E-state index contributed by atoms with van der Waals surface area (Å²) in [5.41, 5.74) is 4.52. The van der Waals surface area contributed by atoms with Gasteiger partial charge < -0.3 is 5.32 Å². The minimum atomic E-state index is -3.70. The van der Waals surface area contributed by atoms with Gasteiger partial charge in [-0.25, -0.2) is 8.42 Å². The molecule has 7 heteroatoms. The van der Waals surface area contributed by atoms with Gasteiger partial charge in [-0.2, -0.15) is 4.31 Å². The second-order valence-corrected chi connectivity index (χ2v) is 10.7. The summed E-state index contributed by atoms with van der Waals surface area (Å²) in [6.07, 6.45) is 1.73. The van der Waals surface area contributed by atoms with Crippen molar-refractivity contribution >= 4 is 15.9 Å². The minimum absolute atomic E-state index is 0.0824. The van der Waals surface area contributed by atoms with Crippen molar-refractivity contribution in [1.29, 1.82) is 0 Å². The number of benzene rings is 2. The molecular weight excluding hydrogens is 410 g/mol. The maximum Gasteiger partial charge on any atom is 0.243 e. The molecule has 1 amide bonds. The summed E-state index contributed by atoms with van der Waals surface area (Å²) in [6.45, 7) is 8.48. The monoisotopic (exact) mass is 443 g/mol. The maximum atomic E-state index is 12.8. The lowest BCUT2D eigenvalue weighted by molar-refractivity contribution is -0.122. The van der Waals surface area contributed by atoms with Gasteiger partial charge in [-0.05, 0) is 62.4 Å². The fourth-order valence-electron chi connectivity index (χ4n) is 3.92. The van der Waals surface area contributed by atoms with Crippen molar-refractivity contribution in [2.45, 2.75) is 51.1 Å². The van der Waals surface area contributed by atoms with E-state index >= 15 is 0 Å². The van der Waals surface area contributed by atoms with E-state index in [1.165, 1.54) is 18.2 Å². The highest BCUT2D eigenvalue weighted by Crippen LogP contribution is 2.18. The number of piperidine rings is 1. The molecule has 3 rings (SSSR count). The van der Waals surface area contributed by atoms with Crippen molar-refractivity contribution in [1.82, 2.24) is 14.5 Å². The smallest absolute Gasteiger partial charge is 0.243 e. The maximum absolute atomic E-state index is 12.8. The number of likely N-dealkylation sites (N-methyl/N-ethyl adjacent to an activating group) is 1. The molecule has 31 heavy (non-hydrogen) atoms. The van der Waals surface area contributed by atoms with E-state index in [-0.39, 0.29) is 23.4 Å². The van der Waals surface area contributed by atoms with Gasteiger partial charge in [0.2, 0.25) is 15.9 Å². The molecule has 0 spiro atoms. The Bertz CT molecular complexity index is 1030. The number of rotatable bonds is 7. The Hall–Kier alpha value is -2.22. The molecule has 1 heterocycles. The van der Waals surface area contributed by atoms with Crippen molar-refractivity contribution in [3.05, 3.63) is 64.7 Å². The number of hydrogen-bond acceptors (Lipinski definition) is 4. The van der Waals surface area contributed by atoms with E-state index in [0.717, 1.165) is 47.9 Å². The van der Waals surface area contributed by atoms with Crippen LogP contribution in [-0.4, -0.2) is 56.3 Å². The lowest BCUT2D eigenvalue weighted by Gasteiger charge is -2.32. The topological polar surface area (TPSA) is 69.7 Å². The Morgan fingerprint density at radius 1 is 1.06 bits per heavy atom. The number of likely N-dealkylation sites (tertiary alicyclic amines) is 1. The Morgan fingerprint density at radius 3 is 2.42 bits per heavy atom. The highest BCUT2D eigenvalue weighted by molar-refractivity contribution is 7.89. The van der Waals surface area contributed by atoms with Gasteiger partial charge in [-0.3, -0.25) is 9.69 Å². The molecule has 0 aromatic heterocycles. The molecule has 0 bridgehead atoms. The number of carbonyl (C=O) groups is 1. The van der Waals surface area contributed by atoms with Crippen LogP contribution in [0.2, 0.25) is 0 Å². The third kappa shape index (κ3) is 6.15. The summed E-state index contributed by atoms with van der Waals surface area (Å²) in [5.74, 6) is -0.257. The van der Waals surface area contributed by atoms with Gasteiger partial charge in [0.1, 0.15) is 0 Å². The van der Waals surface area contributed by atoms with Gasteiger partial charge >= 0.3 is 0 Å². The molecule has 0 aliphatic carbocycles. The second-order valence-electron chi connectivity index (χ2n) is 8.61. The fourth-order valence-corrected chi connectivity index (χ4v) is 5.13. The predicted octanol–water partition coefficient (Wildman–Crippen LogP) is 3.01. The highest BCUT2D eigenvalue weighted by atomic mass is 32.2. The van der Waals surface area contributed by atoms with E-state index in [2.05, 4.69) is 41.4 Å². The number of amides is 1. The highest BCUT2D eigenvalue weighted by Gasteiger charge is 2.25. The summed E-state index contributed by atoms with van der Waals surface area (Å²) in [7, 11) is -2.24. The van der Waals surface area contributed by atoms with Crippen molar-refractivity contribution in [2.24, 2.45) is 0 Å². The zero-order valence-corrected chi connectivity index (χ0v) is 19.7. The first-order chi connectivity index (χ1) is 14.6. The van der Waals surface area contributed by atoms with Crippen LogP contribution in [0.25, 0.3) is 0 Å². The minimum Gasteiger partial charge on any atom is -0.352 e. The van der Waals surface area contributed by atoms with Crippen LogP contribution in [0.1, 0.15) is 35.1 Å². The summed E-state index contributed by atoms with van der Waals surface area (Å²) in [5, 5.41) is 3.02. The first-order valence-corrected chi connectivity index (χ1v) is 12.2. The van der Waals surface area contributed by atoms with Gasteiger partial charge in [0.25, 0.3) is 0 Å². The normalized spacial score (nSPS) is 15.9. The first kappa shape index (κ1) is 23.4. The lowest BCUT2D eigenvalue weighted by Crippen LogP contribution is -2.47. The number of aryl methyl sites for hydroxylation is 3. The molecule has 1 aliphatic rings. The van der Waals surface area contributed by atoms with Gasteiger partial charge in [-0.1, -0.05) is 35.9 Å². The van der Waals surface area contributed by atoms with E-state index in [0.29, 0.717) is 0 Å². The molecule has 2 aromatic carbocycles. The van der Waals surface area contributed by atoms with Gasteiger partial charge in [0.15, 0.2) is 0 Å². The molecule has 1 fully saturated rings. The molecule has 1 N–H and O–H groups in total. The number of carbonyl (C=O) groups excluding carboxylic acids is 1. The Balaban J connectivity index is 1.49.